The molecular formula is C24H17N3O3S. The number of hydrogen-bond donors (Lipinski definition) is 2. The molecule has 31 heavy (non-hydrogen) atoms. The fourth-order valence-electron chi connectivity index (χ4n) is 3.63. The van der Waals surface area contributed by atoms with Crippen LogP contribution in [0.5, 0.6) is 0 Å². The fourth-order valence-corrected chi connectivity index (χ4v) is 4.45. The average Bonchev–Trinajstić information content (AvgIpc) is 3.19. The van der Waals surface area contributed by atoms with Crippen molar-refractivity contribution in [3.05, 3.63) is 89.0 Å². The van der Waals surface area contributed by atoms with Crippen LogP contribution in [-0.2, 0) is 4.79 Å². The molecule has 1 heterocycles. The molecular weight excluding hydrogens is 410 g/mol. The van der Waals surface area contributed by atoms with Crippen molar-refractivity contribution in [2.45, 2.75) is 17.3 Å². The number of aromatic nitrogens is 2. The second-order valence-corrected chi connectivity index (χ2v) is 8.60. The maximum Gasteiger partial charge on any atom is 0.237 e. The predicted octanol–water partition coefficient (Wildman–Crippen LogP) is 4.46. The van der Waals surface area contributed by atoms with Crippen molar-refractivity contribution in [2.24, 2.45) is 0 Å². The van der Waals surface area contributed by atoms with Gasteiger partial charge in [0, 0.05) is 27.9 Å². The third-order valence-electron chi connectivity index (χ3n) is 5.22. The molecule has 152 valence electrons. The highest BCUT2D eigenvalue weighted by Gasteiger charge is 2.29. The van der Waals surface area contributed by atoms with E-state index in [-0.39, 0.29) is 17.5 Å². The van der Waals surface area contributed by atoms with Crippen molar-refractivity contribution in [2.75, 3.05) is 5.32 Å². The number of hydrogen-bond acceptors (Lipinski definition) is 5. The van der Waals surface area contributed by atoms with E-state index in [0.717, 1.165) is 11.0 Å². The summed E-state index contributed by atoms with van der Waals surface area (Å²) < 4.78 is 0. The van der Waals surface area contributed by atoms with Gasteiger partial charge in [-0.2, -0.15) is 0 Å². The van der Waals surface area contributed by atoms with Crippen LogP contribution in [0.15, 0.2) is 71.9 Å². The van der Waals surface area contributed by atoms with Gasteiger partial charge in [0.15, 0.2) is 16.7 Å². The molecule has 0 spiro atoms. The summed E-state index contributed by atoms with van der Waals surface area (Å²) in [6, 6.07) is 19.3. The van der Waals surface area contributed by atoms with Gasteiger partial charge in [-0.1, -0.05) is 48.2 Å². The highest BCUT2D eigenvalue weighted by Crippen LogP contribution is 2.30. The second-order valence-electron chi connectivity index (χ2n) is 7.27. The number of H-pyrrole nitrogens is 1. The zero-order valence-corrected chi connectivity index (χ0v) is 17.3. The molecule has 1 atom stereocenters. The van der Waals surface area contributed by atoms with Gasteiger partial charge < -0.3 is 10.3 Å². The fraction of sp³-hybridized carbons (Fsp3) is 0.0833. The number of fused-ring (bicyclic) bond motifs is 3. The van der Waals surface area contributed by atoms with Crippen LogP contribution in [0.1, 0.15) is 38.8 Å². The lowest BCUT2D eigenvalue weighted by Crippen LogP contribution is -2.24. The van der Waals surface area contributed by atoms with E-state index in [1.165, 1.54) is 11.8 Å². The van der Waals surface area contributed by atoms with Crippen LogP contribution >= 0.6 is 11.8 Å². The van der Waals surface area contributed by atoms with E-state index in [9.17, 15) is 14.4 Å². The second kappa shape index (κ2) is 7.52. The molecule has 7 heteroatoms. The molecule has 1 aliphatic carbocycles. The van der Waals surface area contributed by atoms with E-state index in [1.54, 1.807) is 49.4 Å². The summed E-state index contributed by atoms with van der Waals surface area (Å²) in [4.78, 5) is 46.0. The Kier molecular flexibility index (Phi) is 4.67. The number of rotatable bonds is 4. The molecule has 5 rings (SSSR count). The zero-order chi connectivity index (χ0) is 21.5. The average molecular weight is 427 g/mol. The number of anilines is 1. The van der Waals surface area contributed by atoms with E-state index in [2.05, 4.69) is 15.3 Å². The van der Waals surface area contributed by atoms with Crippen molar-refractivity contribution >= 4 is 46.0 Å². The number of thioether (sulfide) groups is 1. The molecule has 4 aromatic rings. The predicted molar refractivity (Wildman–Crippen MR) is 120 cm³/mol. The minimum absolute atomic E-state index is 0.183. The molecule has 1 unspecified atom stereocenters. The Labute approximate surface area is 182 Å². The molecule has 2 N–H and O–H groups in total. The first kappa shape index (κ1) is 19.3. The number of para-hydroxylation sites is 2. The normalized spacial score (nSPS) is 13.6. The van der Waals surface area contributed by atoms with Crippen molar-refractivity contribution in [1.82, 2.24) is 9.97 Å². The summed E-state index contributed by atoms with van der Waals surface area (Å²) in [6.07, 6.45) is 0. The van der Waals surface area contributed by atoms with Crippen molar-refractivity contribution in [3.8, 4) is 0 Å². The molecule has 1 aromatic heterocycles. The Bertz CT molecular complexity index is 1340. The van der Waals surface area contributed by atoms with Crippen LogP contribution in [0.3, 0.4) is 0 Å². The van der Waals surface area contributed by atoms with Crippen LogP contribution < -0.4 is 5.32 Å². The van der Waals surface area contributed by atoms with Gasteiger partial charge in [0.05, 0.1) is 16.3 Å². The Morgan fingerprint density at radius 3 is 2.29 bits per heavy atom. The molecule has 0 fully saturated rings. The van der Waals surface area contributed by atoms with Gasteiger partial charge in [-0.15, -0.1) is 0 Å². The number of amides is 1. The number of ketones is 2. The summed E-state index contributed by atoms with van der Waals surface area (Å²) in [5.74, 6) is -0.622. The first-order valence-electron chi connectivity index (χ1n) is 9.76. The number of nitrogens with zero attached hydrogens (tertiary/aromatic N) is 1. The number of nitrogens with one attached hydrogen (secondary N) is 2. The third-order valence-corrected chi connectivity index (χ3v) is 6.20. The number of aromatic amines is 1. The van der Waals surface area contributed by atoms with E-state index in [1.807, 2.05) is 24.3 Å². The highest BCUT2D eigenvalue weighted by atomic mass is 32.2. The lowest BCUT2D eigenvalue weighted by atomic mass is 9.84. The van der Waals surface area contributed by atoms with Gasteiger partial charge in [0.25, 0.3) is 0 Å². The van der Waals surface area contributed by atoms with Gasteiger partial charge in [-0.3, -0.25) is 14.4 Å². The van der Waals surface area contributed by atoms with Crippen LogP contribution in [-0.4, -0.2) is 32.7 Å². The standard InChI is InChI=1S/C24H17N3O3S/c1-13(31-24-26-19-8-4-5-9-20(19)27-24)23(30)25-14-10-11-17-18(12-14)22(29)16-7-3-2-6-15(16)21(17)28/h2-13H,1H3,(H,25,30)(H,26,27). The molecule has 1 aliphatic rings. The van der Waals surface area contributed by atoms with E-state index in [0.29, 0.717) is 33.1 Å². The Hall–Kier alpha value is -3.71. The van der Waals surface area contributed by atoms with Gasteiger partial charge in [0.2, 0.25) is 5.91 Å². The van der Waals surface area contributed by atoms with Gasteiger partial charge in [-0.05, 0) is 37.3 Å². The minimum atomic E-state index is -0.422. The van der Waals surface area contributed by atoms with E-state index in [4.69, 9.17) is 0 Å². The van der Waals surface area contributed by atoms with Gasteiger partial charge in [-0.25, -0.2) is 4.98 Å². The number of imidazole rings is 1. The Morgan fingerprint density at radius 1 is 0.903 bits per heavy atom. The SMILES string of the molecule is CC(Sc1nc2ccccc2[nH]1)C(=O)Nc1ccc2c(c1)C(=O)c1ccccc1C2=O. The van der Waals surface area contributed by atoms with Gasteiger partial charge in [0.1, 0.15) is 0 Å². The monoisotopic (exact) mass is 427 g/mol. The van der Waals surface area contributed by atoms with Crippen LogP contribution in [0.4, 0.5) is 5.69 Å². The first-order valence-corrected chi connectivity index (χ1v) is 10.6. The lowest BCUT2D eigenvalue weighted by molar-refractivity contribution is -0.115. The number of carbonyl (C=O) groups excluding carboxylic acids is 3. The molecule has 0 aliphatic heterocycles. The first-order chi connectivity index (χ1) is 15.0. The Balaban J connectivity index is 1.35. The minimum Gasteiger partial charge on any atom is -0.333 e. The maximum absolute atomic E-state index is 12.9. The third kappa shape index (κ3) is 3.43. The summed E-state index contributed by atoms with van der Waals surface area (Å²) >= 11 is 1.32. The van der Waals surface area contributed by atoms with Crippen LogP contribution in [0.25, 0.3) is 11.0 Å². The molecule has 0 bridgehead atoms. The molecule has 3 aromatic carbocycles. The van der Waals surface area contributed by atoms with Crippen molar-refractivity contribution in [3.63, 3.8) is 0 Å². The summed E-state index contributed by atoms with van der Waals surface area (Å²) in [5, 5.41) is 3.08. The van der Waals surface area contributed by atoms with E-state index >= 15 is 0 Å². The highest BCUT2D eigenvalue weighted by molar-refractivity contribution is 8.00. The van der Waals surface area contributed by atoms with Crippen molar-refractivity contribution in [1.29, 1.82) is 0 Å². The number of benzene rings is 3. The van der Waals surface area contributed by atoms with E-state index < -0.39 is 5.25 Å². The summed E-state index contributed by atoms with van der Waals surface area (Å²) in [7, 11) is 0. The topological polar surface area (TPSA) is 91.9 Å². The van der Waals surface area contributed by atoms with Gasteiger partial charge >= 0.3 is 0 Å². The zero-order valence-electron chi connectivity index (χ0n) is 16.5. The van der Waals surface area contributed by atoms with Crippen molar-refractivity contribution < 1.29 is 14.4 Å². The molecule has 0 saturated heterocycles. The molecule has 0 saturated carbocycles. The number of carbonyl (C=O) groups is 3. The molecule has 0 radical (unpaired) electrons. The van der Waals surface area contributed by atoms with Crippen LogP contribution in [0, 0.1) is 0 Å². The quantitative estimate of drug-likeness (QED) is 0.413. The van der Waals surface area contributed by atoms with Crippen LogP contribution in [0.2, 0.25) is 0 Å². The molecule has 1 amide bonds. The lowest BCUT2D eigenvalue weighted by Gasteiger charge is -2.18. The molecule has 6 nitrogen and oxygen atoms in total. The largest absolute Gasteiger partial charge is 0.333 e. The smallest absolute Gasteiger partial charge is 0.237 e. The summed E-state index contributed by atoms with van der Waals surface area (Å²) in [6.45, 7) is 1.79. The summed E-state index contributed by atoms with van der Waals surface area (Å²) in [5.41, 5.74) is 3.68. The maximum atomic E-state index is 12.9. The Morgan fingerprint density at radius 2 is 1.55 bits per heavy atom.